The second kappa shape index (κ2) is 6.16. The molecule has 0 bridgehead atoms. The van der Waals surface area contributed by atoms with E-state index in [1.807, 2.05) is 11.8 Å². The van der Waals surface area contributed by atoms with E-state index in [0.717, 1.165) is 10.9 Å². The van der Waals surface area contributed by atoms with Crippen molar-refractivity contribution in [2.45, 2.75) is 6.92 Å². The number of hydrogen-bond acceptors (Lipinski definition) is 4. The van der Waals surface area contributed by atoms with Crippen LogP contribution in [-0.2, 0) is 0 Å². The summed E-state index contributed by atoms with van der Waals surface area (Å²) < 4.78 is 13.4. The summed E-state index contributed by atoms with van der Waals surface area (Å²) in [5, 5.41) is 0.876. The summed E-state index contributed by atoms with van der Waals surface area (Å²) in [6.07, 6.45) is 3.43. The molecule has 6 nitrogen and oxygen atoms in total. The fourth-order valence-electron chi connectivity index (χ4n) is 3.25. The SMILES string of the molecule is Cc1c(C(=O)N2CCN(c3ncccn3)CC2)[nH]c2cc(F)ccc12. The molecular formula is C18H18FN5O. The molecule has 1 aliphatic rings. The standard InChI is InChI=1S/C18H18FN5O/c1-12-14-4-3-13(19)11-15(14)22-16(12)17(25)23-7-9-24(10-8-23)18-20-5-2-6-21-18/h2-6,11,22H,7-10H2,1H3. The zero-order valence-corrected chi connectivity index (χ0v) is 13.9. The Bertz CT molecular complexity index is 916. The van der Waals surface area contributed by atoms with Gasteiger partial charge in [0.1, 0.15) is 11.5 Å². The van der Waals surface area contributed by atoms with Gasteiger partial charge in [0.15, 0.2) is 0 Å². The van der Waals surface area contributed by atoms with Gasteiger partial charge >= 0.3 is 0 Å². The maximum atomic E-state index is 13.4. The summed E-state index contributed by atoms with van der Waals surface area (Å²) >= 11 is 0. The van der Waals surface area contributed by atoms with Gasteiger partial charge in [-0.2, -0.15) is 0 Å². The van der Waals surface area contributed by atoms with Crippen molar-refractivity contribution in [3.05, 3.63) is 53.7 Å². The average molecular weight is 339 g/mol. The highest BCUT2D eigenvalue weighted by molar-refractivity contribution is 6.01. The van der Waals surface area contributed by atoms with Crippen LogP contribution in [0.5, 0.6) is 0 Å². The van der Waals surface area contributed by atoms with Crippen LogP contribution >= 0.6 is 0 Å². The first-order valence-corrected chi connectivity index (χ1v) is 8.22. The van der Waals surface area contributed by atoms with Gasteiger partial charge in [-0.3, -0.25) is 4.79 Å². The molecule has 4 rings (SSSR count). The fourth-order valence-corrected chi connectivity index (χ4v) is 3.25. The number of halogens is 1. The number of piperazine rings is 1. The number of rotatable bonds is 2. The first-order chi connectivity index (χ1) is 12.1. The number of hydrogen-bond donors (Lipinski definition) is 1. The van der Waals surface area contributed by atoms with Gasteiger partial charge < -0.3 is 14.8 Å². The molecule has 1 saturated heterocycles. The number of aryl methyl sites for hydroxylation is 1. The number of benzene rings is 1. The molecule has 2 aromatic heterocycles. The number of fused-ring (bicyclic) bond motifs is 1. The van der Waals surface area contributed by atoms with Crippen molar-refractivity contribution in [1.29, 1.82) is 0 Å². The maximum Gasteiger partial charge on any atom is 0.270 e. The van der Waals surface area contributed by atoms with Gasteiger partial charge in [-0.1, -0.05) is 0 Å². The van der Waals surface area contributed by atoms with E-state index in [1.54, 1.807) is 24.5 Å². The number of amides is 1. The van der Waals surface area contributed by atoms with Crippen molar-refractivity contribution in [3.63, 3.8) is 0 Å². The van der Waals surface area contributed by atoms with Crippen LogP contribution < -0.4 is 4.90 Å². The van der Waals surface area contributed by atoms with E-state index in [2.05, 4.69) is 19.9 Å². The molecule has 3 heterocycles. The minimum Gasteiger partial charge on any atom is -0.350 e. The Labute approximate surface area is 144 Å². The van der Waals surface area contributed by atoms with E-state index in [9.17, 15) is 9.18 Å². The van der Waals surface area contributed by atoms with Crippen molar-refractivity contribution in [3.8, 4) is 0 Å². The molecule has 0 atom stereocenters. The van der Waals surface area contributed by atoms with Crippen LogP contribution in [-0.4, -0.2) is 51.9 Å². The summed E-state index contributed by atoms with van der Waals surface area (Å²) in [4.78, 5) is 28.3. The Hall–Kier alpha value is -2.96. The lowest BCUT2D eigenvalue weighted by Gasteiger charge is -2.34. The number of aromatic amines is 1. The van der Waals surface area contributed by atoms with Crippen LogP contribution in [0.4, 0.5) is 10.3 Å². The van der Waals surface area contributed by atoms with Crippen LogP contribution in [0, 0.1) is 12.7 Å². The summed E-state index contributed by atoms with van der Waals surface area (Å²) in [5.41, 5.74) is 2.04. The number of nitrogens with one attached hydrogen (secondary N) is 1. The van der Waals surface area contributed by atoms with Gasteiger partial charge in [-0.05, 0) is 36.8 Å². The molecule has 0 radical (unpaired) electrons. The quantitative estimate of drug-likeness (QED) is 0.778. The van der Waals surface area contributed by atoms with E-state index in [1.165, 1.54) is 12.1 Å². The van der Waals surface area contributed by atoms with Gasteiger partial charge in [-0.25, -0.2) is 14.4 Å². The van der Waals surface area contributed by atoms with Crippen LogP contribution in [0.3, 0.4) is 0 Å². The van der Waals surface area contributed by atoms with Crippen molar-refractivity contribution in [2.24, 2.45) is 0 Å². The molecule has 0 saturated carbocycles. The molecule has 0 aliphatic carbocycles. The molecule has 1 N–H and O–H groups in total. The van der Waals surface area contributed by atoms with Crippen molar-refractivity contribution < 1.29 is 9.18 Å². The van der Waals surface area contributed by atoms with Gasteiger partial charge in [0.2, 0.25) is 5.95 Å². The molecular weight excluding hydrogens is 321 g/mol. The van der Waals surface area contributed by atoms with Crippen LogP contribution in [0.2, 0.25) is 0 Å². The highest BCUT2D eigenvalue weighted by Crippen LogP contribution is 2.24. The first kappa shape index (κ1) is 15.6. The molecule has 7 heteroatoms. The number of carbonyl (C=O) groups excluding carboxylic acids is 1. The molecule has 3 aromatic rings. The van der Waals surface area contributed by atoms with Crippen molar-refractivity contribution >= 4 is 22.8 Å². The third-order valence-corrected chi connectivity index (χ3v) is 4.64. The topological polar surface area (TPSA) is 65.1 Å². The van der Waals surface area contributed by atoms with Gasteiger partial charge in [0.05, 0.1) is 0 Å². The molecule has 0 spiro atoms. The normalized spacial score (nSPS) is 15.0. The summed E-state index contributed by atoms with van der Waals surface area (Å²) in [5.74, 6) is 0.318. The minimum absolute atomic E-state index is 0.0530. The Morgan fingerprint density at radius 1 is 1.16 bits per heavy atom. The van der Waals surface area contributed by atoms with Crippen molar-refractivity contribution in [2.75, 3.05) is 31.1 Å². The largest absolute Gasteiger partial charge is 0.350 e. The van der Waals surface area contributed by atoms with Crippen molar-refractivity contribution in [1.82, 2.24) is 19.9 Å². The highest BCUT2D eigenvalue weighted by Gasteiger charge is 2.26. The predicted molar refractivity (Wildman–Crippen MR) is 93.1 cm³/mol. The van der Waals surface area contributed by atoms with Gasteiger partial charge in [-0.15, -0.1) is 0 Å². The Morgan fingerprint density at radius 2 is 1.88 bits per heavy atom. The van der Waals surface area contributed by atoms with Crippen LogP contribution in [0.15, 0.2) is 36.7 Å². The van der Waals surface area contributed by atoms with E-state index in [-0.39, 0.29) is 11.7 Å². The van der Waals surface area contributed by atoms with E-state index in [0.29, 0.717) is 43.3 Å². The van der Waals surface area contributed by atoms with E-state index in [4.69, 9.17) is 0 Å². The van der Waals surface area contributed by atoms with Crippen LogP contribution in [0.25, 0.3) is 10.9 Å². The molecule has 1 fully saturated rings. The summed E-state index contributed by atoms with van der Waals surface area (Å²) in [6.45, 7) is 4.45. The smallest absolute Gasteiger partial charge is 0.270 e. The Balaban J connectivity index is 1.52. The zero-order chi connectivity index (χ0) is 17.4. The molecule has 1 aromatic carbocycles. The zero-order valence-electron chi connectivity index (χ0n) is 13.9. The fraction of sp³-hybridized carbons (Fsp3) is 0.278. The lowest BCUT2D eigenvalue weighted by atomic mass is 10.1. The maximum absolute atomic E-state index is 13.4. The van der Waals surface area contributed by atoms with Gasteiger partial charge in [0, 0.05) is 49.5 Å². The third-order valence-electron chi connectivity index (χ3n) is 4.64. The summed E-state index contributed by atoms with van der Waals surface area (Å²) in [6, 6.07) is 6.32. The van der Waals surface area contributed by atoms with Gasteiger partial charge in [0.25, 0.3) is 5.91 Å². The number of H-pyrrole nitrogens is 1. The average Bonchev–Trinajstić information content (AvgIpc) is 2.98. The Morgan fingerprint density at radius 3 is 2.60 bits per heavy atom. The highest BCUT2D eigenvalue weighted by atomic mass is 19.1. The lowest BCUT2D eigenvalue weighted by molar-refractivity contribution is 0.0740. The van der Waals surface area contributed by atoms with E-state index >= 15 is 0 Å². The predicted octanol–water partition coefficient (Wildman–Crippen LogP) is 2.37. The number of anilines is 1. The molecule has 0 unspecified atom stereocenters. The lowest BCUT2D eigenvalue weighted by Crippen LogP contribution is -2.49. The van der Waals surface area contributed by atoms with Crippen LogP contribution in [0.1, 0.15) is 16.1 Å². The molecule has 25 heavy (non-hydrogen) atoms. The summed E-state index contributed by atoms with van der Waals surface area (Å²) in [7, 11) is 0. The second-order valence-corrected chi connectivity index (χ2v) is 6.14. The van der Waals surface area contributed by atoms with E-state index < -0.39 is 0 Å². The number of carbonyl (C=O) groups is 1. The Kier molecular flexibility index (Phi) is 3.83. The molecule has 1 amide bonds. The first-order valence-electron chi connectivity index (χ1n) is 8.22. The molecule has 1 aliphatic heterocycles. The molecule has 128 valence electrons. The second-order valence-electron chi connectivity index (χ2n) is 6.14. The third kappa shape index (κ3) is 2.82. The number of nitrogens with zero attached hydrogens (tertiary/aromatic N) is 4. The number of aromatic nitrogens is 3. The minimum atomic E-state index is -0.316. The monoisotopic (exact) mass is 339 g/mol.